The topological polar surface area (TPSA) is 104 Å². The summed E-state index contributed by atoms with van der Waals surface area (Å²) in [7, 11) is 3.85. The fourth-order valence-electron chi connectivity index (χ4n) is 2.82. The van der Waals surface area contributed by atoms with Crippen LogP contribution in [-0.4, -0.2) is 42.3 Å². The predicted octanol–water partition coefficient (Wildman–Crippen LogP) is 2.10. The van der Waals surface area contributed by atoms with Crippen LogP contribution < -0.4 is 15.8 Å². The van der Waals surface area contributed by atoms with Gasteiger partial charge in [0.05, 0.1) is 17.5 Å². The van der Waals surface area contributed by atoms with Crippen LogP contribution >= 0.6 is 0 Å². The van der Waals surface area contributed by atoms with Crippen molar-refractivity contribution in [3.05, 3.63) is 64.6 Å². The van der Waals surface area contributed by atoms with Crippen molar-refractivity contribution in [1.29, 1.82) is 0 Å². The molecule has 0 aliphatic heterocycles. The van der Waals surface area contributed by atoms with Crippen molar-refractivity contribution in [3.63, 3.8) is 0 Å². The third kappa shape index (κ3) is 4.78. The number of nitrogens with zero attached hydrogens (tertiary/aromatic N) is 2. The fourth-order valence-corrected chi connectivity index (χ4v) is 2.82. The highest BCUT2D eigenvalue weighted by Gasteiger charge is 2.19. The van der Waals surface area contributed by atoms with Gasteiger partial charge in [0.1, 0.15) is 0 Å². The van der Waals surface area contributed by atoms with Crippen LogP contribution in [0.4, 0.5) is 11.4 Å². The summed E-state index contributed by atoms with van der Waals surface area (Å²) >= 11 is 0. The van der Waals surface area contributed by atoms with E-state index >= 15 is 0 Å². The number of nitrogens with one attached hydrogen (secondary N) is 2. The van der Waals surface area contributed by atoms with Crippen LogP contribution in [-0.2, 0) is 20.7 Å². The Bertz CT molecular complexity index is 1090. The van der Waals surface area contributed by atoms with E-state index in [1.165, 1.54) is 6.92 Å². The number of esters is 1. The Kier molecular flexibility index (Phi) is 5.92. The molecule has 0 spiro atoms. The number of aromatic nitrogens is 2. The molecule has 1 amide bonds. The van der Waals surface area contributed by atoms with E-state index in [1.807, 2.05) is 31.1 Å². The molecule has 2 aromatic carbocycles. The molecule has 3 rings (SSSR count). The molecule has 0 saturated carbocycles. The Balaban J connectivity index is 1.62. The van der Waals surface area contributed by atoms with E-state index in [9.17, 15) is 14.4 Å². The normalized spacial score (nSPS) is 11.7. The largest absolute Gasteiger partial charge is 0.452 e. The Morgan fingerprint density at radius 2 is 1.76 bits per heavy atom. The Morgan fingerprint density at radius 3 is 2.41 bits per heavy atom. The minimum atomic E-state index is -0.981. The zero-order valence-corrected chi connectivity index (χ0v) is 16.4. The van der Waals surface area contributed by atoms with Gasteiger partial charge in [-0.3, -0.25) is 14.4 Å². The van der Waals surface area contributed by atoms with Crippen LogP contribution in [0.1, 0.15) is 12.6 Å². The minimum Gasteiger partial charge on any atom is -0.452 e. The summed E-state index contributed by atoms with van der Waals surface area (Å²) in [5, 5.41) is 10.1. The monoisotopic (exact) mass is 394 g/mol. The first-order valence-corrected chi connectivity index (χ1v) is 9.09. The van der Waals surface area contributed by atoms with Crippen molar-refractivity contribution in [1.82, 2.24) is 10.2 Å². The van der Waals surface area contributed by atoms with Crippen LogP contribution in [0.15, 0.2) is 53.3 Å². The number of hydrogen-bond acceptors (Lipinski definition) is 6. The van der Waals surface area contributed by atoms with E-state index in [0.29, 0.717) is 22.2 Å². The number of fused-ring (bicyclic) bond motifs is 1. The first-order valence-electron chi connectivity index (χ1n) is 9.09. The third-order valence-electron chi connectivity index (χ3n) is 4.42. The molecule has 29 heavy (non-hydrogen) atoms. The highest BCUT2D eigenvalue weighted by molar-refractivity contribution is 5.95. The zero-order chi connectivity index (χ0) is 21.0. The van der Waals surface area contributed by atoms with Gasteiger partial charge in [0, 0.05) is 30.9 Å². The maximum absolute atomic E-state index is 12.3. The Morgan fingerprint density at radius 1 is 1.10 bits per heavy atom. The summed E-state index contributed by atoms with van der Waals surface area (Å²) in [6.45, 7) is 1.50. The average molecular weight is 394 g/mol. The van der Waals surface area contributed by atoms with Gasteiger partial charge in [-0.15, -0.1) is 0 Å². The van der Waals surface area contributed by atoms with Crippen LogP contribution in [0.25, 0.3) is 10.8 Å². The smallest absolute Gasteiger partial charge is 0.312 e. The van der Waals surface area contributed by atoms with Crippen LogP contribution in [0.2, 0.25) is 0 Å². The summed E-state index contributed by atoms with van der Waals surface area (Å²) in [5.41, 5.74) is 1.67. The van der Waals surface area contributed by atoms with Crippen LogP contribution in [0.3, 0.4) is 0 Å². The number of carbonyl (C=O) groups is 2. The number of ether oxygens (including phenoxy) is 1. The van der Waals surface area contributed by atoms with Gasteiger partial charge in [0.15, 0.2) is 6.10 Å². The van der Waals surface area contributed by atoms with Gasteiger partial charge in [-0.2, -0.15) is 5.10 Å². The molecule has 1 atom stereocenters. The van der Waals surface area contributed by atoms with Gasteiger partial charge in [-0.25, -0.2) is 5.10 Å². The molecule has 0 aliphatic carbocycles. The molecule has 0 aliphatic rings. The lowest BCUT2D eigenvalue weighted by Crippen LogP contribution is -2.30. The molecule has 8 heteroatoms. The molecule has 3 aromatic rings. The van der Waals surface area contributed by atoms with Gasteiger partial charge in [0.25, 0.3) is 11.5 Å². The number of hydrogen-bond donors (Lipinski definition) is 2. The van der Waals surface area contributed by atoms with E-state index in [2.05, 4.69) is 15.5 Å². The van der Waals surface area contributed by atoms with Crippen molar-refractivity contribution in [2.45, 2.75) is 19.4 Å². The molecule has 8 nitrogen and oxygen atoms in total. The predicted molar refractivity (Wildman–Crippen MR) is 111 cm³/mol. The quantitative estimate of drug-likeness (QED) is 0.621. The first-order chi connectivity index (χ1) is 13.8. The van der Waals surface area contributed by atoms with Gasteiger partial charge >= 0.3 is 5.97 Å². The second-order valence-corrected chi connectivity index (χ2v) is 6.78. The number of H-pyrrole nitrogens is 1. The second-order valence-electron chi connectivity index (χ2n) is 6.78. The molecule has 1 heterocycles. The van der Waals surface area contributed by atoms with E-state index in [1.54, 1.807) is 36.4 Å². The van der Waals surface area contributed by atoms with E-state index in [-0.39, 0.29) is 12.0 Å². The van der Waals surface area contributed by atoms with Crippen molar-refractivity contribution >= 4 is 34.0 Å². The van der Waals surface area contributed by atoms with Crippen molar-refractivity contribution in [2.75, 3.05) is 24.3 Å². The highest BCUT2D eigenvalue weighted by Crippen LogP contribution is 2.16. The van der Waals surface area contributed by atoms with Crippen molar-refractivity contribution in [2.24, 2.45) is 0 Å². The lowest BCUT2D eigenvalue weighted by atomic mass is 10.1. The number of aromatic amines is 1. The summed E-state index contributed by atoms with van der Waals surface area (Å²) in [5.74, 6) is -1.05. The van der Waals surface area contributed by atoms with Crippen LogP contribution in [0.5, 0.6) is 0 Å². The molecular weight excluding hydrogens is 372 g/mol. The lowest BCUT2D eigenvalue weighted by molar-refractivity contribution is -0.152. The molecular formula is C21H22N4O4. The maximum Gasteiger partial charge on any atom is 0.312 e. The minimum absolute atomic E-state index is 0.160. The first kappa shape index (κ1) is 20.1. The van der Waals surface area contributed by atoms with Gasteiger partial charge in [0.2, 0.25) is 0 Å². The number of rotatable bonds is 6. The van der Waals surface area contributed by atoms with Gasteiger partial charge in [-0.05, 0) is 37.3 Å². The second kappa shape index (κ2) is 8.55. The van der Waals surface area contributed by atoms with Crippen molar-refractivity contribution < 1.29 is 14.3 Å². The zero-order valence-electron chi connectivity index (χ0n) is 16.4. The number of carbonyl (C=O) groups excluding carboxylic acids is 2. The number of amides is 1. The molecule has 2 N–H and O–H groups in total. The molecule has 0 fully saturated rings. The van der Waals surface area contributed by atoms with Gasteiger partial charge < -0.3 is 15.0 Å². The lowest BCUT2D eigenvalue weighted by Gasteiger charge is -2.15. The molecule has 0 radical (unpaired) electrons. The van der Waals surface area contributed by atoms with Gasteiger partial charge in [-0.1, -0.05) is 18.2 Å². The molecule has 0 bridgehead atoms. The Hall–Kier alpha value is -3.68. The van der Waals surface area contributed by atoms with E-state index in [4.69, 9.17) is 4.74 Å². The average Bonchev–Trinajstić information content (AvgIpc) is 2.70. The standard InChI is InChI=1S/C21H22N4O4/c1-13(20(27)22-14-8-10-15(11-9-14)25(2)3)29-19(26)12-18-16-6-4-5-7-17(16)21(28)24-23-18/h4-11,13H,12H2,1-3H3,(H,22,27)(H,24,28). The third-order valence-corrected chi connectivity index (χ3v) is 4.42. The number of benzene rings is 2. The molecule has 150 valence electrons. The summed E-state index contributed by atoms with van der Waals surface area (Å²) in [4.78, 5) is 38.4. The SMILES string of the molecule is CC(OC(=O)Cc1n[nH]c(=O)c2ccccc12)C(=O)Nc1ccc(N(C)C)cc1. The van der Waals surface area contributed by atoms with Crippen LogP contribution in [0, 0.1) is 0 Å². The highest BCUT2D eigenvalue weighted by atomic mass is 16.5. The summed E-state index contributed by atoms with van der Waals surface area (Å²) in [6, 6.07) is 14.2. The maximum atomic E-state index is 12.3. The molecule has 0 saturated heterocycles. The van der Waals surface area contributed by atoms with E-state index < -0.39 is 18.0 Å². The molecule has 1 unspecified atom stereocenters. The van der Waals surface area contributed by atoms with Crippen molar-refractivity contribution in [3.8, 4) is 0 Å². The number of anilines is 2. The summed E-state index contributed by atoms with van der Waals surface area (Å²) < 4.78 is 5.24. The Labute approximate surface area is 167 Å². The fraction of sp³-hybridized carbons (Fsp3) is 0.238. The molecule has 1 aromatic heterocycles. The summed E-state index contributed by atoms with van der Waals surface area (Å²) in [6.07, 6.45) is -1.14. The van der Waals surface area contributed by atoms with E-state index in [0.717, 1.165) is 5.69 Å².